The van der Waals surface area contributed by atoms with Crippen molar-refractivity contribution in [3.05, 3.63) is 24.3 Å². The summed E-state index contributed by atoms with van der Waals surface area (Å²) in [5.74, 6) is -1.99. The lowest BCUT2D eigenvalue weighted by atomic mass is 10.6. The summed E-state index contributed by atoms with van der Waals surface area (Å²) >= 11 is 0. The molecule has 0 aromatic rings. The summed E-state index contributed by atoms with van der Waals surface area (Å²) < 4.78 is 85.9. The first-order valence-electron chi connectivity index (χ1n) is 2.84. The molecule has 0 saturated heterocycles. The maximum Gasteiger partial charge on any atom is 0.411 e. The third-order valence-corrected chi connectivity index (χ3v) is 0.574. The van der Waals surface area contributed by atoms with Gasteiger partial charge in [-0.2, -0.15) is 22.0 Å². The Labute approximate surface area is 73.5 Å². The van der Waals surface area contributed by atoms with Crippen LogP contribution in [0.4, 0.5) is 35.1 Å². The highest BCUT2D eigenvalue weighted by Gasteiger charge is 2.21. The standard InChI is InChI=1S/2C3H2F4/c4-1-2(5)3(6)7;4-2-1-3(5,6)7/h1H2;1-2H/b;2-1+. The fourth-order valence-electron chi connectivity index (χ4n) is 0.122. The van der Waals surface area contributed by atoms with Gasteiger partial charge in [-0.15, -0.1) is 0 Å². The number of hydrogen-bond acceptors (Lipinski definition) is 0. The van der Waals surface area contributed by atoms with Gasteiger partial charge in [0.05, 0.1) is 6.33 Å². The van der Waals surface area contributed by atoms with E-state index in [1.54, 1.807) is 0 Å². The number of rotatable bonds is 1. The topological polar surface area (TPSA) is 0 Å². The Hall–Kier alpha value is -1.08. The van der Waals surface area contributed by atoms with Crippen molar-refractivity contribution >= 4 is 0 Å². The molecular formula is C6H4F8. The lowest BCUT2D eigenvalue weighted by molar-refractivity contribution is -0.0805. The van der Waals surface area contributed by atoms with E-state index in [1.165, 1.54) is 0 Å². The molecule has 0 aromatic carbocycles. The lowest BCUT2D eigenvalue weighted by Gasteiger charge is -1.92. The van der Waals surface area contributed by atoms with Crippen molar-refractivity contribution < 1.29 is 35.1 Å². The van der Waals surface area contributed by atoms with E-state index in [9.17, 15) is 35.1 Å². The molecular weight excluding hydrogens is 224 g/mol. The number of hydrogen-bond donors (Lipinski definition) is 0. The highest BCUT2D eigenvalue weighted by atomic mass is 19.4. The normalized spacial score (nSPS) is 10.9. The molecule has 0 aliphatic heterocycles. The Morgan fingerprint density at radius 3 is 1.50 bits per heavy atom. The molecule has 0 bridgehead atoms. The Morgan fingerprint density at radius 2 is 1.50 bits per heavy atom. The van der Waals surface area contributed by atoms with Gasteiger partial charge in [-0.05, 0) is 0 Å². The van der Waals surface area contributed by atoms with Crippen molar-refractivity contribution in [3.8, 4) is 0 Å². The maximum absolute atomic E-state index is 11.0. The van der Waals surface area contributed by atoms with E-state index in [1.807, 2.05) is 0 Å². The van der Waals surface area contributed by atoms with Crippen LogP contribution in [0.2, 0.25) is 0 Å². The third-order valence-electron chi connectivity index (χ3n) is 0.574. The predicted molar refractivity (Wildman–Crippen MR) is 32.6 cm³/mol. The monoisotopic (exact) mass is 228 g/mol. The van der Waals surface area contributed by atoms with Crippen LogP contribution in [0.25, 0.3) is 0 Å². The summed E-state index contributed by atoms with van der Waals surface area (Å²) in [7, 11) is 0. The first-order chi connectivity index (χ1) is 6.24. The first-order valence-corrected chi connectivity index (χ1v) is 2.84. The van der Waals surface area contributed by atoms with Gasteiger partial charge in [0.2, 0.25) is 0 Å². The van der Waals surface area contributed by atoms with Crippen LogP contribution in [0.5, 0.6) is 0 Å². The molecule has 0 atom stereocenters. The van der Waals surface area contributed by atoms with Gasteiger partial charge in [0, 0.05) is 6.08 Å². The number of allylic oxidation sites excluding steroid dienone is 2. The van der Waals surface area contributed by atoms with E-state index in [2.05, 4.69) is 0 Å². The zero-order chi connectivity index (χ0) is 11.8. The number of alkyl halides is 4. The molecule has 0 radical (unpaired) electrons. The Balaban J connectivity index is 0. The average molecular weight is 228 g/mol. The number of halogens is 8. The summed E-state index contributed by atoms with van der Waals surface area (Å²) in [5.41, 5.74) is 0. The van der Waals surface area contributed by atoms with E-state index >= 15 is 0 Å². The molecule has 0 aliphatic carbocycles. The minimum atomic E-state index is -4.51. The molecule has 0 nitrogen and oxygen atoms in total. The second-order valence-corrected chi connectivity index (χ2v) is 1.63. The zero-order valence-electron chi connectivity index (χ0n) is 6.39. The Morgan fingerprint density at radius 1 is 1.07 bits per heavy atom. The van der Waals surface area contributed by atoms with Crippen LogP contribution in [0.3, 0.4) is 0 Å². The van der Waals surface area contributed by atoms with E-state index < -0.39 is 37.2 Å². The highest BCUT2D eigenvalue weighted by Crippen LogP contribution is 2.15. The van der Waals surface area contributed by atoms with Crippen molar-refractivity contribution in [1.29, 1.82) is 0 Å². The summed E-state index contributed by atoms with van der Waals surface area (Å²) in [6.45, 7) is -1.72. The predicted octanol–water partition coefficient (Wildman–Crippen LogP) is 4.07. The SMILES string of the molecule is F/C=C/C(F)(F)F.FCC(F)=C(F)F. The van der Waals surface area contributed by atoms with Gasteiger partial charge in [-0.1, -0.05) is 0 Å². The fraction of sp³-hybridized carbons (Fsp3) is 0.333. The molecule has 0 fully saturated rings. The molecule has 84 valence electrons. The van der Waals surface area contributed by atoms with Crippen molar-refractivity contribution in [2.75, 3.05) is 6.67 Å². The minimum absolute atomic E-state index is 0.479. The average Bonchev–Trinajstić information content (AvgIpc) is 2.01. The summed E-state index contributed by atoms with van der Waals surface area (Å²) in [6.07, 6.45) is -8.11. The maximum atomic E-state index is 11.0. The largest absolute Gasteiger partial charge is 0.411 e. The molecule has 14 heavy (non-hydrogen) atoms. The van der Waals surface area contributed by atoms with Crippen LogP contribution >= 0.6 is 0 Å². The van der Waals surface area contributed by atoms with Gasteiger partial charge < -0.3 is 0 Å². The van der Waals surface area contributed by atoms with Gasteiger partial charge in [0.15, 0.2) is 5.83 Å². The van der Waals surface area contributed by atoms with Gasteiger partial charge in [0.1, 0.15) is 6.67 Å². The molecule has 0 N–H and O–H groups in total. The fourth-order valence-corrected chi connectivity index (χ4v) is 0.122. The van der Waals surface area contributed by atoms with Crippen LogP contribution in [-0.4, -0.2) is 12.9 Å². The molecule has 8 heteroatoms. The molecule has 0 saturated carbocycles. The van der Waals surface area contributed by atoms with Gasteiger partial charge in [-0.3, -0.25) is 0 Å². The summed E-state index contributed by atoms with van der Waals surface area (Å²) in [5, 5.41) is 0. The molecule has 0 aliphatic rings. The van der Waals surface area contributed by atoms with Crippen LogP contribution in [-0.2, 0) is 0 Å². The van der Waals surface area contributed by atoms with E-state index in [0.717, 1.165) is 0 Å². The zero-order valence-corrected chi connectivity index (χ0v) is 6.39. The van der Waals surface area contributed by atoms with Crippen LogP contribution in [0, 0.1) is 0 Å². The summed E-state index contributed by atoms with van der Waals surface area (Å²) in [4.78, 5) is 0. The van der Waals surface area contributed by atoms with Gasteiger partial charge in [0.25, 0.3) is 0 Å². The first kappa shape index (κ1) is 15.4. The minimum Gasteiger partial charge on any atom is -0.243 e. The molecule has 0 heterocycles. The Kier molecular flexibility index (Phi) is 8.07. The van der Waals surface area contributed by atoms with Crippen LogP contribution in [0.1, 0.15) is 0 Å². The van der Waals surface area contributed by atoms with Crippen molar-refractivity contribution in [3.63, 3.8) is 0 Å². The second-order valence-electron chi connectivity index (χ2n) is 1.63. The Bertz CT molecular complexity index is 196. The van der Waals surface area contributed by atoms with Crippen LogP contribution < -0.4 is 0 Å². The molecule has 0 spiro atoms. The van der Waals surface area contributed by atoms with Crippen LogP contribution in [0.15, 0.2) is 24.3 Å². The lowest BCUT2D eigenvalue weighted by Crippen LogP contribution is -1.99. The van der Waals surface area contributed by atoms with E-state index in [-0.39, 0.29) is 0 Å². The molecule has 0 unspecified atom stereocenters. The van der Waals surface area contributed by atoms with E-state index in [4.69, 9.17) is 0 Å². The smallest absolute Gasteiger partial charge is 0.243 e. The molecule has 0 aromatic heterocycles. The molecule has 0 rings (SSSR count). The van der Waals surface area contributed by atoms with Crippen molar-refractivity contribution in [1.82, 2.24) is 0 Å². The highest BCUT2D eigenvalue weighted by molar-refractivity contribution is 4.90. The van der Waals surface area contributed by atoms with Gasteiger partial charge in [-0.25, -0.2) is 13.2 Å². The second kappa shape index (κ2) is 7.34. The quantitative estimate of drug-likeness (QED) is 0.593. The summed E-state index contributed by atoms with van der Waals surface area (Å²) in [6, 6.07) is 0. The molecule has 0 amide bonds. The van der Waals surface area contributed by atoms with Crippen molar-refractivity contribution in [2.45, 2.75) is 6.18 Å². The van der Waals surface area contributed by atoms with Crippen molar-refractivity contribution in [2.24, 2.45) is 0 Å². The van der Waals surface area contributed by atoms with Gasteiger partial charge >= 0.3 is 12.3 Å². The van der Waals surface area contributed by atoms with E-state index in [0.29, 0.717) is 0 Å². The third kappa shape index (κ3) is 13.5.